The molecule has 0 saturated heterocycles. The molecule has 1 saturated carbocycles. The first-order chi connectivity index (χ1) is 8.90. The third kappa shape index (κ3) is 3.13. The van der Waals surface area contributed by atoms with Crippen molar-refractivity contribution in [2.45, 2.75) is 37.1 Å². The Hall–Kier alpha value is -1.40. The molecule has 0 spiro atoms. The summed E-state index contributed by atoms with van der Waals surface area (Å²) in [5.74, 6) is -1.56. The molecule has 2 atom stereocenters. The number of carboxylic acids is 1. The molecule has 1 fully saturated rings. The fourth-order valence-corrected chi connectivity index (χ4v) is 3.69. The van der Waals surface area contributed by atoms with Crippen LogP contribution < -0.4 is 4.72 Å². The number of carboxylic acid groups (broad SMARTS) is 1. The van der Waals surface area contributed by atoms with E-state index in [1.165, 1.54) is 12.1 Å². The lowest BCUT2D eigenvalue weighted by Gasteiger charge is -2.17. The van der Waals surface area contributed by atoms with Gasteiger partial charge in [0.25, 0.3) is 0 Å². The summed E-state index contributed by atoms with van der Waals surface area (Å²) in [6.45, 7) is 1.88. The van der Waals surface area contributed by atoms with Crippen LogP contribution in [0.1, 0.15) is 24.8 Å². The second kappa shape index (κ2) is 5.30. The lowest BCUT2D eigenvalue weighted by atomic mass is 10.1. The quantitative estimate of drug-likeness (QED) is 0.877. The summed E-state index contributed by atoms with van der Waals surface area (Å²) in [6, 6.07) is 5.99. The molecule has 0 heterocycles. The third-order valence-electron chi connectivity index (χ3n) is 3.47. The van der Waals surface area contributed by atoms with Crippen LogP contribution in [0.3, 0.4) is 0 Å². The molecule has 104 valence electrons. The molecule has 0 radical (unpaired) electrons. The maximum Gasteiger partial charge on any atom is 0.308 e. The highest BCUT2D eigenvalue weighted by Crippen LogP contribution is 2.27. The standard InChI is InChI=1S/C13H17NO4S/c1-9-5-7-10(8-6-9)19(17,18)14-12-4-2-3-11(12)13(15)16/h5-8,11-12,14H,2-4H2,1H3,(H,15,16)/t11-,12+/m1/s1. The van der Waals surface area contributed by atoms with Gasteiger partial charge in [-0.2, -0.15) is 0 Å². The van der Waals surface area contributed by atoms with Gasteiger partial charge in [-0.3, -0.25) is 4.79 Å². The summed E-state index contributed by atoms with van der Waals surface area (Å²) in [4.78, 5) is 11.2. The minimum Gasteiger partial charge on any atom is -0.481 e. The number of sulfonamides is 1. The predicted molar refractivity (Wildman–Crippen MR) is 70.3 cm³/mol. The fraction of sp³-hybridized carbons (Fsp3) is 0.462. The molecule has 19 heavy (non-hydrogen) atoms. The number of nitrogens with one attached hydrogen (secondary N) is 1. The molecule has 0 bridgehead atoms. The first-order valence-electron chi connectivity index (χ1n) is 6.22. The molecule has 1 aliphatic carbocycles. The van der Waals surface area contributed by atoms with E-state index >= 15 is 0 Å². The zero-order valence-electron chi connectivity index (χ0n) is 10.7. The molecular weight excluding hydrogens is 266 g/mol. The van der Waals surface area contributed by atoms with Gasteiger partial charge in [0.2, 0.25) is 10.0 Å². The Balaban J connectivity index is 2.17. The monoisotopic (exact) mass is 283 g/mol. The summed E-state index contributed by atoms with van der Waals surface area (Å²) in [5, 5.41) is 9.05. The van der Waals surface area contributed by atoms with E-state index in [2.05, 4.69) is 4.72 Å². The van der Waals surface area contributed by atoms with Crippen molar-refractivity contribution in [1.82, 2.24) is 4.72 Å². The molecule has 6 heteroatoms. The van der Waals surface area contributed by atoms with Crippen LogP contribution in [0.5, 0.6) is 0 Å². The van der Waals surface area contributed by atoms with Crippen LogP contribution in [0.25, 0.3) is 0 Å². The van der Waals surface area contributed by atoms with Gasteiger partial charge in [0.05, 0.1) is 10.8 Å². The van der Waals surface area contributed by atoms with E-state index in [-0.39, 0.29) is 4.90 Å². The fourth-order valence-electron chi connectivity index (χ4n) is 2.38. The van der Waals surface area contributed by atoms with E-state index in [0.717, 1.165) is 12.0 Å². The molecule has 2 rings (SSSR count). The van der Waals surface area contributed by atoms with Crippen LogP contribution >= 0.6 is 0 Å². The summed E-state index contributed by atoms with van der Waals surface area (Å²) in [7, 11) is -3.64. The van der Waals surface area contributed by atoms with E-state index in [1.807, 2.05) is 6.92 Å². The van der Waals surface area contributed by atoms with Crippen molar-refractivity contribution in [2.24, 2.45) is 5.92 Å². The molecule has 1 aromatic rings. The maximum absolute atomic E-state index is 12.2. The Morgan fingerprint density at radius 1 is 1.26 bits per heavy atom. The van der Waals surface area contributed by atoms with E-state index in [9.17, 15) is 13.2 Å². The Labute approximate surface area is 112 Å². The molecule has 0 amide bonds. The number of aliphatic carboxylic acids is 1. The SMILES string of the molecule is Cc1ccc(S(=O)(=O)N[C@H]2CCC[C@H]2C(=O)O)cc1. The Morgan fingerprint density at radius 3 is 2.47 bits per heavy atom. The highest BCUT2D eigenvalue weighted by molar-refractivity contribution is 7.89. The number of hydrogen-bond donors (Lipinski definition) is 2. The Kier molecular flexibility index (Phi) is 3.91. The first kappa shape index (κ1) is 14.0. The second-order valence-corrected chi connectivity index (χ2v) is 6.63. The van der Waals surface area contributed by atoms with E-state index in [4.69, 9.17) is 5.11 Å². The van der Waals surface area contributed by atoms with Gasteiger partial charge in [0, 0.05) is 6.04 Å². The average molecular weight is 283 g/mol. The van der Waals surface area contributed by atoms with Crippen LogP contribution in [0, 0.1) is 12.8 Å². The minimum absolute atomic E-state index is 0.175. The Morgan fingerprint density at radius 2 is 1.89 bits per heavy atom. The highest BCUT2D eigenvalue weighted by atomic mass is 32.2. The first-order valence-corrected chi connectivity index (χ1v) is 7.70. The van der Waals surface area contributed by atoms with Crippen molar-refractivity contribution in [1.29, 1.82) is 0 Å². The molecule has 1 aromatic carbocycles. The normalized spacial score (nSPS) is 23.4. The maximum atomic E-state index is 12.2. The van der Waals surface area contributed by atoms with Gasteiger partial charge in [0.1, 0.15) is 0 Å². The van der Waals surface area contributed by atoms with Gasteiger partial charge in [-0.25, -0.2) is 13.1 Å². The second-order valence-electron chi connectivity index (χ2n) is 4.92. The zero-order chi connectivity index (χ0) is 14.0. The van der Waals surface area contributed by atoms with E-state index in [0.29, 0.717) is 12.8 Å². The molecule has 0 aliphatic heterocycles. The highest BCUT2D eigenvalue weighted by Gasteiger charge is 2.35. The van der Waals surface area contributed by atoms with Gasteiger partial charge < -0.3 is 5.11 Å². The van der Waals surface area contributed by atoms with Crippen molar-refractivity contribution in [2.75, 3.05) is 0 Å². The third-order valence-corrected chi connectivity index (χ3v) is 4.98. The van der Waals surface area contributed by atoms with Crippen molar-refractivity contribution in [3.8, 4) is 0 Å². The molecule has 5 nitrogen and oxygen atoms in total. The van der Waals surface area contributed by atoms with Crippen molar-refractivity contribution >= 4 is 16.0 Å². The smallest absolute Gasteiger partial charge is 0.308 e. The largest absolute Gasteiger partial charge is 0.481 e. The van der Waals surface area contributed by atoms with Gasteiger partial charge in [-0.15, -0.1) is 0 Å². The van der Waals surface area contributed by atoms with Crippen LogP contribution in [-0.4, -0.2) is 25.5 Å². The number of carbonyl (C=O) groups is 1. The van der Waals surface area contributed by atoms with Gasteiger partial charge in [0.15, 0.2) is 0 Å². The van der Waals surface area contributed by atoms with Crippen LogP contribution in [0.4, 0.5) is 0 Å². The number of benzene rings is 1. The van der Waals surface area contributed by atoms with Crippen molar-refractivity contribution in [3.05, 3.63) is 29.8 Å². The molecular formula is C13H17NO4S. The Bertz CT molecular complexity index is 565. The summed E-state index contributed by atoms with van der Waals surface area (Å²) in [6.07, 6.45) is 1.83. The minimum atomic E-state index is -3.64. The van der Waals surface area contributed by atoms with E-state index < -0.39 is 28.0 Å². The van der Waals surface area contributed by atoms with Crippen molar-refractivity contribution < 1.29 is 18.3 Å². The topological polar surface area (TPSA) is 83.5 Å². The lowest BCUT2D eigenvalue weighted by Crippen LogP contribution is -2.40. The molecule has 2 N–H and O–H groups in total. The van der Waals surface area contributed by atoms with Gasteiger partial charge >= 0.3 is 5.97 Å². The summed E-state index contributed by atoms with van der Waals surface area (Å²) in [5.41, 5.74) is 0.975. The zero-order valence-corrected chi connectivity index (χ0v) is 11.5. The van der Waals surface area contributed by atoms with E-state index in [1.54, 1.807) is 12.1 Å². The average Bonchev–Trinajstić information content (AvgIpc) is 2.77. The summed E-state index contributed by atoms with van der Waals surface area (Å²) < 4.78 is 26.8. The van der Waals surface area contributed by atoms with Crippen LogP contribution in [0.15, 0.2) is 29.2 Å². The van der Waals surface area contributed by atoms with Gasteiger partial charge in [-0.05, 0) is 31.9 Å². The van der Waals surface area contributed by atoms with Gasteiger partial charge in [-0.1, -0.05) is 24.1 Å². The lowest BCUT2D eigenvalue weighted by molar-refractivity contribution is -0.141. The molecule has 1 aliphatic rings. The van der Waals surface area contributed by atoms with Crippen LogP contribution in [0.2, 0.25) is 0 Å². The number of aryl methyl sites for hydroxylation is 1. The molecule has 0 aromatic heterocycles. The predicted octanol–water partition coefficient (Wildman–Crippen LogP) is 1.53. The van der Waals surface area contributed by atoms with Crippen molar-refractivity contribution in [3.63, 3.8) is 0 Å². The van der Waals surface area contributed by atoms with Crippen LogP contribution in [-0.2, 0) is 14.8 Å². The number of hydrogen-bond acceptors (Lipinski definition) is 3. The number of rotatable bonds is 4. The summed E-state index contributed by atoms with van der Waals surface area (Å²) >= 11 is 0. The molecule has 0 unspecified atom stereocenters.